The molecule has 2 saturated carbocycles. The van der Waals surface area contributed by atoms with Crippen molar-refractivity contribution < 1.29 is 0 Å². The largest absolute Gasteiger partial charge is 0.316 e. The second-order valence-electron chi connectivity index (χ2n) is 7.73. The van der Waals surface area contributed by atoms with Crippen molar-refractivity contribution in [3.8, 4) is 0 Å². The molecule has 2 nitrogen and oxygen atoms in total. The van der Waals surface area contributed by atoms with E-state index in [-0.39, 0.29) is 0 Å². The Morgan fingerprint density at radius 3 is 2.37 bits per heavy atom. The number of nitrogens with one attached hydrogen (secondary N) is 1. The highest BCUT2D eigenvalue weighted by molar-refractivity contribution is 4.89. The van der Waals surface area contributed by atoms with Gasteiger partial charge in [-0.15, -0.1) is 0 Å². The highest BCUT2D eigenvalue weighted by Gasteiger charge is 2.35. The molecule has 0 saturated heterocycles. The number of hydrogen-bond donors (Lipinski definition) is 1. The molecule has 0 aromatic rings. The highest BCUT2D eigenvalue weighted by Crippen LogP contribution is 2.38. The second kappa shape index (κ2) is 7.08. The smallest absolute Gasteiger partial charge is 0.00472 e. The van der Waals surface area contributed by atoms with Gasteiger partial charge in [-0.1, -0.05) is 33.1 Å². The van der Waals surface area contributed by atoms with Crippen LogP contribution >= 0.6 is 0 Å². The van der Waals surface area contributed by atoms with Gasteiger partial charge < -0.3 is 10.2 Å². The number of hydrogen-bond acceptors (Lipinski definition) is 2. The molecule has 0 atom stereocenters. The van der Waals surface area contributed by atoms with Crippen molar-refractivity contribution in [1.82, 2.24) is 10.2 Å². The predicted octanol–water partition coefficient (Wildman–Crippen LogP) is 3.52. The van der Waals surface area contributed by atoms with Crippen molar-refractivity contribution in [1.29, 1.82) is 0 Å². The Bertz CT molecular complexity index is 252. The first-order valence-corrected chi connectivity index (χ1v) is 8.49. The molecule has 2 fully saturated rings. The summed E-state index contributed by atoms with van der Waals surface area (Å²) in [6, 6.07) is 0. The van der Waals surface area contributed by atoms with E-state index in [2.05, 4.69) is 31.1 Å². The van der Waals surface area contributed by atoms with Crippen LogP contribution in [0.4, 0.5) is 0 Å². The van der Waals surface area contributed by atoms with Gasteiger partial charge in [0.1, 0.15) is 0 Å². The van der Waals surface area contributed by atoms with Crippen LogP contribution in [0.1, 0.15) is 58.8 Å². The SMILES string of the molecule is CC(C)CNCC1(CN(C)CC2CCC2)CCCC1. The zero-order valence-electron chi connectivity index (χ0n) is 13.4. The minimum Gasteiger partial charge on any atom is -0.316 e. The molecule has 112 valence electrons. The van der Waals surface area contributed by atoms with Gasteiger partial charge in [0.25, 0.3) is 0 Å². The van der Waals surface area contributed by atoms with Gasteiger partial charge in [0.15, 0.2) is 0 Å². The molecule has 2 heteroatoms. The molecule has 0 bridgehead atoms. The zero-order valence-corrected chi connectivity index (χ0v) is 13.4. The summed E-state index contributed by atoms with van der Waals surface area (Å²) in [5.74, 6) is 1.78. The molecule has 2 aliphatic rings. The van der Waals surface area contributed by atoms with E-state index >= 15 is 0 Å². The topological polar surface area (TPSA) is 15.3 Å². The number of rotatable bonds is 8. The molecule has 19 heavy (non-hydrogen) atoms. The van der Waals surface area contributed by atoms with Crippen molar-refractivity contribution in [3.63, 3.8) is 0 Å². The van der Waals surface area contributed by atoms with Gasteiger partial charge in [-0.2, -0.15) is 0 Å². The maximum atomic E-state index is 3.73. The maximum absolute atomic E-state index is 3.73. The molecule has 0 heterocycles. The Labute approximate surface area is 120 Å². The first kappa shape index (κ1) is 15.3. The lowest BCUT2D eigenvalue weighted by atomic mass is 9.82. The van der Waals surface area contributed by atoms with Gasteiger partial charge in [-0.25, -0.2) is 0 Å². The van der Waals surface area contributed by atoms with Crippen LogP contribution in [-0.4, -0.2) is 38.1 Å². The summed E-state index contributed by atoms with van der Waals surface area (Å²) in [5, 5.41) is 3.73. The fraction of sp³-hybridized carbons (Fsp3) is 1.00. The monoisotopic (exact) mass is 266 g/mol. The third-order valence-electron chi connectivity index (χ3n) is 5.12. The summed E-state index contributed by atoms with van der Waals surface area (Å²) in [6.45, 7) is 9.67. The average molecular weight is 266 g/mol. The highest BCUT2D eigenvalue weighted by atomic mass is 15.1. The average Bonchev–Trinajstić information content (AvgIpc) is 2.72. The van der Waals surface area contributed by atoms with Crippen LogP contribution < -0.4 is 5.32 Å². The van der Waals surface area contributed by atoms with Crippen LogP contribution in [0.25, 0.3) is 0 Å². The molecule has 2 rings (SSSR count). The second-order valence-corrected chi connectivity index (χ2v) is 7.73. The van der Waals surface area contributed by atoms with E-state index in [4.69, 9.17) is 0 Å². The molecule has 1 N–H and O–H groups in total. The lowest BCUT2D eigenvalue weighted by Crippen LogP contribution is -2.43. The Morgan fingerprint density at radius 2 is 1.84 bits per heavy atom. The molecular formula is C17H34N2. The fourth-order valence-electron chi connectivity index (χ4n) is 3.90. The summed E-state index contributed by atoms with van der Waals surface area (Å²) >= 11 is 0. The lowest BCUT2D eigenvalue weighted by Gasteiger charge is -2.37. The Balaban J connectivity index is 1.76. The van der Waals surface area contributed by atoms with Crippen LogP contribution in [0.15, 0.2) is 0 Å². The third kappa shape index (κ3) is 4.75. The normalized spacial score (nSPS) is 23.2. The Morgan fingerprint density at radius 1 is 1.16 bits per heavy atom. The van der Waals surface area contributed by atoms with Gasteiger partial charge >= 0.3 is 0 Å². The third-order valence-corrected chi connectivity index (χ3v) is 5.12. The maximum Gasteiger partial charge on any atom is 0.00472 e. The summed E-state index contributed by atoms with van der Waals surface area (Å²) in [6.07, 6.45) is 10.2. The summed E-state index contributed by atoms with van der Waals surface area (Å²) in [4.78, 5) is 2.63. The summed E-state index contributed by atoms with van der Waals surface area (Å²) in [7, 11) is 2.35. The van der Waals surface area contributed by atoms with E-state index in [1.54, 1.807) is 0 Å². The molecule has 0 radical (unpaired) electrons. The molecule has 0 aromatic heterocycles. The van der Waals surface area contributed by atoms with E-state index in [1.807, 2.05) is 0 Å². The quantitative estimate of drug-likeness (QED) is 0.723. The van der Waals surface area contributed by atoms with Crippen molar-refractivity contribution in [2.24, 2.45) is 17.3 Å². The zero-order chi connectivity index (χ0) is 13.7. The van der Waals surface area contributed by atoms with Crippen LogP contribution in [0, 0.1) is 17.3 Å². The van der Waals surface area contributed by atoms with Gasteiger partial charge in [0.2, 0.25) is 0 Å². The first-order chi connectivity index (χ1) is 9.10. The van der Waals surface area contributed by atoms with Crippen molar-refractivity contribution >= 4 is 0 Å². The molecule has 0 aliphatic heterocycles. The molecular weight excluding hydrogens is 232 g/mol. The van der Waals surface area contributed by atoms with Crippen LogP contribution in [0.3, 0.4) is 0 Å². The minimum absolute atomic E-state index is 0.577. The van der Waals surface area contributed by atoms with Gasteiger partial charge in [-0.05, 0) is 56.5 Å². The predicted molar refractivity (Wildman–Crippen MR) is 83.4 cm³/mol. The summed E-state index contributed by atoms with van der Waals surface area (Å²) in [5.41, 5.74) is 0.577. The van der Waals surface area contributed by atoms with Crippen LogP contribution in [0.2, 0.25) is 0 Å². The molecule has 0 aromatic carbocycles. The van der Waals surface area contributed by atoms with Crippen LogP contribution in [0.5, 0.6) is 0 Å². The standard InChI is InChI=1S/C17H34N2/c1-15(2)11-18-13-17(9-4-5-10-17)14-19(3)12-16-7-6-8-16/h15-16,18H,4-14H2,1-3H3. The molecule has 2 aliphatic carbocycles. The minimum atomic E-state index is 0.577. The van der Waals surface area contributed by atoms with E-state index in [0.717, 1.165) is 11.8 Å². The Kier molecular flexibility index (Phi) is 5.70. The Hall–Kier alpha value is -0.0800. The molecule has 0 spiro atoms. The lowest BCUT2D eigenvalue weighted by molar-refractivity contribution is 0.133. The van der Waals surface area contributed by atoms with Crippen LogP contribution in [-0.2, 0) is 0 Å². The van der Waals surface area contributed by atoms with Crippen molar-refractivity contribution in [2.45, 2.75) is 58.8 Å². The van der Waals surface area contributed by atoms with Crippen molar-refractivity contribution in [3.05, 3.63) is 0 Å². The van der Waals surface area contributed by atoms with E-state index < -0.39 is 0 Å². The van der Waals surface area contributed by atoms with Gasteiger partial charge in [-0.3, -0.25) is 0 Å². The van der Waals surface area contributed by atoms with Gasteiger partial charge in [0.05, 0.1) is 0 Å². The van der Waals surface area contributed by atoms with Crippen molar-refractivity contribution in [2.75, 3.05) is 33.2 Å². The van der Waals surface area contributed by atoms with E-state index in [9.17, 15) is 0 Å². The summed E-state index contributed by atoms with van der Waals surface area (Å²) < 4.78 is 0. The van der Waals surface area contributed by atoms with Gasteiger partial charge in [0, 0.05) is 19.6 Å². The number of nitrogens with zero attached hydrogens (tertiary/aromatic N) is 1. The van der Waals surface area contributed by atoms with E-state index in [1.165, 1.54) is 71.1 Å². The molecule has 0 amide bonds. The van der Waals surface area contributed by atoms with E-state index in [0.29, 0.717) is 5.41 Å². The fourth-order valence-corrected chi connectivity index (χ4v) is 3.90. The first-order valence-electron chi connectivity index (χ1n) is 8.49. The molecule has 0 unspecified atom stereocenters.